The Morgan fingerprint density at radius 1 is 0.237 bits per heavy atom. The number of benzene rings is 1. The van der Waals surface area contributed by atoms with Crippen molar-refractivity contribution in [2.75, 3.05) is 0 Å². The molecule has 1 rings (SSSR count). The van der Waals surface area contributed by atoms with E-state index in [1.807, 2.05) is 12.2 Å². The summed E-state index contributed by atoms with van der Waals surface area (Å²) in [6.07, 6.45) is 62.2. The molecule has 0 aliphatic carbocycles. The van der Waals surface area contributed by atoms with Gasteiger partial charge in [-0.25, -0.2) is 0 Å². The molecular weight excluding hydrogens is 713 g/mol. The fourth-order valence-electron chi connectivity index (χ4n) is 9.88. The number of ether oxygens (including phenoxy) is 1. The van der Waals surface area contributed by atoms with Crippen LogP contribution in [0.25, 0.3) is 0 Å². The summed E-state index contributed by atoms with van der Waals surface area (Å²) >= 11 is 0. The van der Waals surface area contributed by atoms with Gasteiger partial charge in [-0.3, -0.25) is 0 Å². The summed E-state index contributed by atoms with van der Waals surface area (Å²) in [5.41, 5.74) is 8.68. The zero-order valence-electron chi connectivity index (χ0n) is 41.8. The first-order chi connectivity index (χ1) is 29.2. The zero-order valence-corrected chi connectivity index (χ0v) is 41.8. The normalized spacial score (nSPS) is 11.6. The van der Waals surface area contributed by atoms with Gasteiger partial charge in [0.2, 0.25) is 0 Å². The Morgan fingerprint density at radius 2 is 0.407 bits per heavy atom. The van der Waals surface area contributed by atoms with Crippen molar-refractivity contribution in [1.82, 2.24) is 0 Å². The fourth-order valence-corrected chi connectivity index (χ4v) is 9.88. The monoisotopic (exact) mass is 822 g/mol. The molecule has 0 saturated heterocycles. The van der Waals surface area contributed by atoms with Crippen molar-refractivity contribution in [2.45, 2.75) is 330 Å². The molecule has 0 N–H and O–H groups in total. The van der Waals surface area contributed by atoms with Crippen LogP contribution in [0.2, 0.25) is 0 Å². The number of rotatable bonds is 47. The summed E-state index contributed by atoms with van der Waals surface area (Å²) < 4.78 is 6.88. The summed E-state index contributed by atoms with van der Waals surface area (Å²) in [5.74, 6) is 1.34. The van der Waals surface area contributed by atoms with Crippen molar-refractivity contribution in [1.29, 1.82) is 0 Å². The van der Waals surface area contributed by atoms with E-state index in [4.69, 9.17) is 4.74 Å². The Hall–Kier alpha value is -0.980. The molecule has 0 bridgehead atoms. The Bertz CT molecular complexity index is 942. The van der Waals surface area contributed by atoms with E-state index in [2.05, 4.69) is 41.5 Å². The van der Waals surface area contributed by atoms with E-state index in [0.717, 1.165) is 0 Å². The maximum Gasteiger partial charge on any atom is 0.132 e. The fraction of sp³-hybridized carbons (Fsp3) is 0.879. The highest BCUT2D eigenvalue weighted by molar-refractivity contribution is 5.57. The van der Waals surface area contributed by atoms with Gasteiger partial charge in [0.25, 0.3) is 0 Å². The van der Waals surface area contributed by atoms with E-state index in [-0.39, 0.29) is 0 Å². The van der Waals surface area contributed by atoms with Crippen LogP contribution in [0.4, 0.5) is 0 Å². The predicted molar refractivity (Wildman–Crippen MR) is 269 cm³/mol. The van der Waals surface area contributed by atoms with Crippen LogP contribution in [0.1, 0.15) is 326 Å². The lowest BCUT2D eigenvalue weighted by Crippen LogP contribution is -2.13. The Morgan fingerprint density at radius 3 is 0.610 bits per heavy atom. The second kappa shape index (κ2) is 43.7. The van der Waals surface area contributed by atoms with Gasteiger partial charge in [-0.05, 0) is 98.9 Å². The van der Waals surface area contributed by atoms with Crippen LogP contribution in [0.5, 0.6) is 5.75 Å². The molecule has 1 aromatic carbocycles. The number of hydrogen-bond acceptors (Lipinski definition) is 1. The van der Waals surface area contributed by atoms with Gasteiger partial charge in [-0.2, -0.15) is 0 Å². The quantitative estimate of drug-likeness (QED) is 0.0595. The standard InChI is InChI=1S/C58H109O/c1-7-13-18-23-28-33-38-43-48-53-54(49-44-39-34-29-24-19-14-8-2)56(51-46-41-36-31-26-21-16-10-4)58(59-12-6)57(52-47-42-37-32-27-22-17-11-5)55(53)50-45-40-35-30-25-20-15-9-3/h12H,7-11,13-52H2,1-6H3. The molecule has 0 saturated carbocycles. The van der Waals surface area contributed by atoms with E-state index in [0.29, 0.717) is 0 Å². The van der Waals surface area contributed by atoms with Crippen molar-refractivity contribution in [2.24, 2.45) is 0 Å². The highest BCUT2D eigenvalue weighted by Crippen LogP contribution is 2.40. The van der Waals surface area contributed by atoms with E-state index in [9.17, 15) is 0 Å². The van der Waals surface area contributed by atoms with Gasteiger partial charge in [-0.1, -0.05) is 259 Å². The molecule has 347 valence electrons. The molecule has 0 heterocycles. The molecule has 0 atom stereocenters. The van der Waals surface area contributed by atoms with Gasteiger partial charge in [-0.15, -0.1) is 0 Å². The molecule has 1 nitrogen and oxygen atoms in total. The molecule has 0 spiro atoms. The molecule has 1 aromatic rings. The van der Waals surface area contributed by atoms with Crippen molar-refractivity contribution < 1.29 is 4.74 Å². The molecule has 59 heavy (non-hydrogen) atoms. The molecule has 1 heteroatoms. The van der Waals surface area contributed by atoms with Crippen LogP contribution in [0.15, 0.2) is 0 Å². The maximum absolute atomic E-state index is 6.88. The summed E-state index contributed by atoms with van der Waals surface area (Å²) in [4.78, 5) is 0. The lowest BCUT2D eigenvalue weighted by molar-refractivity contribution is 0.401. The van der Waals surface area contributed by atoms with Crippen LogP contribution in [0.3, 0.4) is 0 Å². The van der Waals surface area contributed by atoms with Crippen LogP contribution >= 0.6 is 0 Å². The Balaban J connectivity index is 3.53. The average Bonchev–Trinajstić information content (AvgIpc) is 3.24. The summed E-state index contributed by atoms with van der Waals surface area (Å²) in [7, 11) is 0. The van der Waals surface area contributed by atoms with Crippen molar-refractivity contribution in [3.8, 4) is 5.75 Å². The minimum atomic E-state index is 1.22. The number of unbranched alkanes of at least 4 members (excludes halogenated alkanes) is 35. The second-order valence-electron chi connectivity index (χ2n) is 19.2. The third-order valence-corrected chi connectivity index (χ3v) is 13.6. The van der Waals surface area contributed by atoms with E-state index < -0.39 is 0 Å². The van der Waals surface area contributed by atoms with E-state index >= 15 is 0 Å². The van der Waals surface area contributed by atoms with Crippen LogP contribution in [0, 0.1) is 6.61 Å². The van der Waals surface area contributed by atoms with Gasteiger partial charge in [0.05, 0.1) is 0 Å². The van der Waals surface area contributed by atoms with Crippen LogP contribution in [-0.4, -0.2) is 0 Å². The minimum Gasteiger partial charge on any atom is -0.486 e. The van der Waals surface area contributed by atoms with Crippen molar-refractivity contribution in [3.05, 3.63) is 34.4 Å². The Kier molecular flexibility index (Phi) is 41.5. The SMILES string of the molecule is C[CH]Oc1c(CCCCCCCCCC)c(CCCCCCCCCC)c(CCCCCCCCCC)c(CCCCCCCCCC)c1CCCCCCCCCC. The van der Waals surface area contributed by atoms with E-state index in [1.54, 1.807) is 22.3 Å². The van der Waals surface area contributed by atoms with Crippen molar-refractivity contribution >= 4 is 0 Å². The summed E-state index contributed by atoms with van der Waals surface area (Å²) in [6.45, 7) is 15.9. The smallest absolute Gasteiger partial charge is 0.132 e. The van der Waals surface area contributed by atoms with Crippen LogP contribution in [-0.2, 0) is 32.1 Å². The molecule has 0 unspecified atom stereocenters. The molecule has 0 aliphatic rings. The van der Waals surface area contributed by atoms with Gasteiger partial charge in [0.1, 0.15) is 12.4 Å². The summed E-state index contributed by atoms with van der Waals surface area (Å²) in [5, 5.41) is 0. The molecular formula is C58H109O. The van der Waals surface area contributed by atoms with Gasteiger partial charge < -0.3 is 4.74 Å². The first kappa shape index (κ1) is 56.0. The van der Waals surface area contributed by atoms with Gasteiger partial charge >= 0.3 is 0 Å². The lowest BCUT2D eigenvalue weighted by atomic mass is 9.80. The first-order valence-electron chi connectivity index (χ1n) is 27.8. The third-order valence-electron chi connectivity index (χ3n) is 13.6. The maximum atomic E-state index is 6.88. The Labute approximate surface area is 374 Å². The van der Waals surface area contributed by atoms with Crippen LogP contribution < -0.4 is 4.74 Å². The summed E-state index contributed by atoms with van der Waals surface area (Å²) in [6, 6.07) is 0. The average molecular weight is 823 g/mol. The van der Waals surface area contributed by atoms with Crippen molar-refractivity contribution in [3.63, 3.8) is 0 Å². The second-order valence-corrected chi connectivity index (χ2v) is 19.2. The minimum absolute atomic E-state index is 1.22. The zero-order chi connectivity index (χ0) is 42.7. The molecule has 0 aromatic heterocycles. The molecule has 0 fully saturated rings. The lowest BCUT2D eigenvalue weighted by Gasteiger charge is -2.27. The number of hydrogen-bond donors (Lipinski definition) is 0. The largest absolute Gasteiger partial charge is 0.486 e. The van der Waals surface area contributed by atoms with E-state index in [1.165, 1.54) is 295 Å². The molecule has 0 aliphatic heterocycles. The molecule has 0 amide bonds. The first-order valence-corrected chi connectivity index (χ1v) is 27.8. The van der Waals surface area contributed by atoms with Gasteiger partial charge in [0.15, 0.2) is 0 Å². The highest BCUT2D eigenvalue weighted by atomic mass is 16.5. The predicted octanol–water partition coefficient (Wildman–Crippen LogP) is 20.7. The topological polar surface area (TPSA) is 9.23 Å². The highest BCUT2D eigenvalue weighted by Gasteiger charge is 2.24. The third kappa shape index (κ3) is 29.9. The molecule has 1 radical (unpaired) electrons. The van der Waals surface area contributed by atoms with Gasteiger partial charge in [0, 0.05) is 0 Å².